The van der Waals surface area contributed by atoms with Crippen LogP contribution < -0.4 is 0 Å². The van der Waals surface area contributed by atoms with Gasteiger partial charge in [0.2, 0.25) is 0 Å². The van der Waals surface area contributed by atoms with E-state index < -0.39 is 18.0 Å². The van der Waals surface area contributed by atoms with Crippen molar-refractivity contribution in [3.63, 3.8) is 0 Å². The number of ether oxygens (including phenoxy) is 1. The Morgan fingerprint density at radius 3 is 2.56 bits per heavy atom. The summed E-state index contributed by atoms with van der Waals surface area (Å²) in [4.78, 5) is 11.6. The monoisotopic (exact) mass is 253 g/mol. The Balaban J connectivity index is 3.45. The molecule has 0 aliphatic heterocycles. The zero-order valence-electron chi connectivity index (χ0n) is 10.2. The largest absolute Gasteiger partial charge is 0.462 e. The van der Waals surface area contributed by atoms with Crippen molar-refractivity contribution in [1.82, 2.24) is 0 Å². The van der Waals surface area contributed by atoms with E-state index in [1.807, 2.05) is 0 Å². The Morgan fingerprint density at radius 2 is 2.11 bits per heavy atom. The normalized spacial score (nSPS) is 10.2. The molecule has 1 aromatic rings. The molecule has 0 atom stereocenters. The van der Waals surface area contributed by atoms with E-state index in [0.717, 1.165) is 0 Å². The van der Waals surface area contributed by atoms with E-state index in [1.54, 1.807) is 19.9 Å². The summed E-state index contributed by atoms with van der Waals surface area (Å²) in [5, 5.41) is 8.96. The van der Waals surface area contributed by atoms with Crippen LogP contribution >= 0.6 is 0 Å². The summed E-state index contributed by atoms with van der Waals surface area (Å²) in [6.45, 7) is 3.43. The highest BCUT2D eigenvalue weighted by atomic mass is 19.3. The van der Waals surface area contributed by atoms with E-state index >= 15 is 0 Å². The molecule has 1 rings (SSSR count). The number of nitrogens with zero attached hydrogens (tertiary/aromatic N) is 1. The molecule has 5 heteroatoms. The van der Waals surface area contributed by atoms with E-state index in [-0.39, 0.29) is 17.7 Å². The highest BCUT2D eigenvalue weighted by Gasteiger charge is 2.24. The van der Waals surface area contributed by atoms with Crippen molar-refractivity contribution in [2.45, 2.75) is 26.7 Å². The minimum absolute atomic E-state index is 0.0666. The summed E-state index contributed by atoms with van der Waals surface area (Å²) in [7, 11) is 0. The average molecular weight is 253 g/mol. The van der Waals surface area contributed by atoms with E-state index in [2.05, 4.69) is 0 Å². The SMILES string of the molecule is CCOC(=O)c1c(C#N)cc(CC)cc1C(F)F. The quantitative estimate of drug-likeness (QED) is 0.774. The predicted octanol–water partition coefficient (Wildman–Crippen LogP) is 3.23. The van der Waals surface area contributed by atoms with Crippen molar-refractivity contribution in [3.8, 4) is 6.07 Å². The van der Waals surface area contributed by atoms with Gasteiger partial charge in [-0.25, -0.2) is 13.6 Å². The predicted molar refractivity (Wildman–Crippen MR) is 61.4 cm³/mol. The number of carbonyl (C=O) groups excluding carboxylic acids is 1. The zero-order valence-corrected chi connectivity index (χ0v) is 10.2. The first-order chi connectivity index (χ1) is 8.54. The summed E-state index contributed by atoms with van der Waals surface area (Å²) in [6, 6.07) is 4.46. The summed E-state index contributed by atoms with van der Waals surface area (Å²) in [6.07, 6.45) is -2.31. The maximum Gasteiger partial charge on any atom is 0.339 e. The third-order valence-corrected chi connectivity index (χ3v) is 2.47. The molecule has 0 spiro atoms. The lowest BCUT2D eigenvalue weighted by Gasteiger charge is -2.11. The standard InChI is InChI=1S/C13H13F2NO2/c1-3-8-5-9(7-16)11(13(17)18-4-2)10(6-8)12(14)15/h5-6,12H,3-4H2,1-2H3. The molecule has 0 heterocycles. The maximum atomic E-state index is 12.9. The van der Waals surface area contributed by atoms with Crippen LogP contribution in [0.4, 0.5) is 8.78 Å². The Bertz CT molecular complexity index is 492. The van der Waals surface area contributed by atoms with Crippen LogP contribution in [0.15, 0.2) is 12.1 Å². The van der Waals surface area contributed by atoms with Crippen molar-refractivity contribution in [2.24, 2.45) is 0 Å². The molecule has 96 valence electrons. The molecule has 0 aromatic heterocycles. The second-order valence-corrected chi connectivity index (χ2v) is 3.59. The second kappa shape index (κ2) is 6.10. The van der Waals surface area contributed by atoms with Crippen LogP contribution in [0.3, 0.4) is 0 Å². The number of rotatable bonds is 4. The van der Waals surface area contributed by atoms with Crippen molar-refractivity contribution >= 4 is 5.97 Å². The number of hydrogen-bond donors (Lipinski definition) is 0. The second-order valence-electron chi connectivity index (χ2n) is 3.59. The van der Waals surface area contributed by atoms with E-state index in [9.17, 15) is 13.6 Å². The molecular formula is C13H13F2NO2. The van der Waals surface area contributed by atoms with Gasteiger partial charge < -0.3 is 4.74 Å². The van der Waals surface area contributed by atoms with Crippen molar-refractivity contribution in [2.75, 3.05) is 6.61 Å². The lowest BCUT2D eigenvalue weighted by Crippen LogP contribution is -2.12. The third-order valence-electron chi connectivity index (χ3n) is 2.47. The highest BCUT2D eigenvalue weighted by Crippen LogP contribution is 2.28. The molecule has 0 N–H and O–H groups in total. The first kappa shape index (κ1) is 14.1. The highest BCUT2D eigenvalue weighted by molar-refractivity contribution is 5.94. The first-order valence-electron chi connectivity index (χ1n) is 5.57. The van der Waals surface area contributed by atoms with Gasteiger partial charge in [-0.2, -0.15) is 5.26 Å². The molecule has 18 heavy (non-hydrogen) atoms. The molecule has 0 radical (unpaired) electrons. The van der Waals surface area contributed by atoms with Gasteiger partial charge in [-0.15, -0.1) is 0 Å². The molecule has 0 saturated carbocycles. The Morgan fingerprint density at radius 1 is 1.44 bits per heavy atom. The average Bonchev–Trinajstić information content (AvgIpc) is 2.37. The van der Waals surface area contributed by atoms with Gasteiger partial charge in [0.05, 0.1) is 17.7 Å². The summed E-state index contributed by atoms with van der Waals surface area (Å²) in [5.74, 6) is -0.882. The van der Waals surface area contributed by atoms with E-state index in [1.165, 1.54) is 12.1 Å². The van der Waals surface area contributed by atoms with Crippen LogP contribution in [0.1, 0.15) is 47.3 Å². The fourth-order valence-corrected chi connectivity index (χ4v) is 1.62. The summed E-state index contributed by atoms with van der Waals surface area (Å²) in [5.41, 5.74) is -0.242. The molecule has 0 aliphatic carbocycles. The number of esters is 1. The van der Waals surface area contributed by atoms with Gasteiger partial charge in [0.15, 0.2) is 0 Å². The number of nitriles is 1. The van der Waals surface area contributed by atoms with Gasteiger partial charge in [0, 0.05) is 5.56 Å². The molecule has 0 aliphatic rings. The molecule has 0 amide bonds. The summed E-state index contributed by atoms with van der Waals surface area (Å²) >= 11 is 0. The Kier molecular flexibility index (Phi) is 4.78. The lowest BCUT2D eigenvalue weighted by atomic mass is 9.97. The van der Waals surface area contributed by atoms with Crippen molar-refractivity contribution in [3.05, 3.63) is 34.4 Å². The van der Waals surface area contributed by atoms with Crippen LogP contribution in [-0.4, -0.2) is 12.6 Å². The van der Waals surface area contributed by atoms with Gasteiger partial charge in [0.25, 0.3) is 6.43 Å². The molecule has 0 unspecified atom stereocenters. The van der Waals surface area contributed by atoms with E-state index in [0.29, 0.717) is 12.0 Å². The number of hydrogen-bond acceptors (Lipinski definition) is 3. The van der Waals surface area contributed by atoms with Crippen LogP contribution in [0.2, 0.25) is 0 Å². The molecule has 0 bridgehead atoms. The van der Waals surface area contributed by atoms with Crippen LogP contribution in [0.5, 0.6) is 0 Å². The van der Waals surface area contributed by atoms with Gasteiger partial charge in [0.1, 0.15) is 6.07 Å². The molecule has 0 saturated heterocycles. The minimum atomic E-state index is -2.82. The molecule has 1 aromatic carbocycles. The number of carbonyl (C=O) groups is 1. The number of benzene rings is 1. The van der Waals surface area contributed by atoms with Crippen LogP contribution in [0.25, 0.3) is 0 Å². The van der Waals surface area contributed by atoms with Crippen molar-refractivity contribution in [1.29, 1.82) is 5.26 Å². The van der Waals surface area contributed by atoms with Crippen molar-refractivity contribution < 1.29 is 18.3 Å². The Labute approximate surface area is 104 Å². The molecule has 3 nitrogen and oxygen atoms in total. The van der Waals surface area contributed by atoms with Crippen LogP contribution in [-0.2, 0) is 11.2 Å². The number of halogens is 2. The molecular weight excluding hydrogens is 240 g/mol. The first-order valence-corrected chi connectivity index (χ1v) is 5.57. The fraction of sp³-hybridized carbons (Fsp3) is 0.385. The number of aryl methyl sites for hydroxylation is 1. The smallest absolute Gasteiger partial charge is 0.339 e. The van der Waals surface area contributed by atoms with E-state index in [4.69, 9.17) is 10.00 Å². The topological polar surface area (TPSA) is 50.1 Å². The van der Waals surface area contributed by atoms with Gasteiger partial charge in [-0.05, 0) is 31.0 Å². The zero-order chi connectivity index (χ0) is 13.7. The van der Waals surface area contributed by atoms with Gasteiger partial charge in [-0.3, -0.25) is 0 Å². The number of alkyl halides is 2. The fourth-order valence-electron chi connectivity index (χ4n) is 1.62. The third kappa shape index (κ3) is 2.83. The summed E-state index contributed by atoms with van der Waals surface area (Å²) < 4.78 is 30.6. The minimum Gasteiger partial charge on any atom is -0.462 e. The van der Waals surface area contributed by atoms with Gasteiger partial charge >= 0.3 is 5.97 Å². The maximum absolute atomic E-state index is 12.9. The molecule has 0 fully saturated rings. The Hall–Kier alpha value is -1.96. The van der Waals surface area contributed by atoms with Crippen LogP contribution in [0, 0.1) is 11.3 Å². The lowest BCUT2D eigenvalue weighted by molar-refractivity contribution is 0.0515. The van der Waals surface area contributed by atoms with Gasteiger partial charge in [-0.1, -0.05) is 6.92 Å².